The van der Waals surface area contributed by atoms with E-state index in [-0.39, 0.29) is 10.8 Å². The first-order valence-corrected chi connectivity index (χ1v) is 27.4. The first-order chi connectivity index (χ1) is 36.0. The second kappa shape index (κ2) is 22.8. The van der Waals surface area contributed by atoms with Gasteiger partial charge in [-0.1, -0.05) is 138 Å². The zero-order chi connectivity index (χ0) is 54.8. The van der Waals surface area contributed by atoms with Crippen molar-refractivity contribution >= 4 is 63.8 Å². The Kier molecular flexibility index (Phi) is 16.8. The number of anilines is 2. The summed E-state index contributed by atoms with van der Waals surface area (Å²) in [6, 6.07) is 43.6. The molecule has 0 radical (unpaired) electrons. The number of hydrogen-bond acceptors (Lipinski definition) is 7. The summed E-state index contributed by atoms with van der Waals surface area (Å²) >= 11 is 0. The molecule has 2 aliphatic rings. The number of halogens is 6. The molecule has 0 amide bonds. The predicted octanol–water partition coefficient (Wildman–Crippen LogP) is 18.5. The molecule has 2 aromatic heterocycles. The summed E-state index contributed by atoms with van der Waals surface area (Å²) in [5.41, 5.74) is 13.6. The molecule has 0 saturated heterocycles. The Bertz CT molecular complexity index is 3360. The summed E-state index contributed by atoms with van der Waals surface area (Å²) in [5.74, 6) is 1.50. The summed E-state index contributed by atoms with van der Waals surface area (Å²) < 4.78 is 67.1. The number of methoxy groups -OCH3 is 1. The van der Waals surface area contributed by atoms with Gasteiger partial charge < -0.3 is 9.64 Å². The van der Waals surface area contributed by atoms with Gasteiger partial charge in [-0.25, -0.2) is 4.98 Å². The Morgan fingerprint density at radius 3 is 2.00 bits per heavy atom. The second-order valence-electron chi connectivity index (χ2n) is 19.6. The van der Waals surface area contributed by atoms with E-state index >= 15 is 0 Å². The number of ether oxygens (including phenoxy) is 1. The molecule has 398 valence electrons. The number of pyridine rings is 2. The third-order valence-electron chi connectivity index (χ3n) is 13.1. The average molecular weight is 1060 g/mol. The van der Waals surface area contributed by atoms with Crippen LogP contribution in [0.25, 0.3) is 21.5 Å². The van der Waals surface area contributed by atoms with Crippen molar-refractivity contribution in [2.45, 2.75) is 85.0 Å². The molecule has 4 heterocycles. The van der Waals surface area contributed by atoms with Gasteiger partial charge in [0.2, 0.25) is 11.5 Å². The molecule has 7 aromatic rings. The number of aryl methyl sites for hydroxylation is 1. The summed E-state index contributed by atoms with van der Waals surface area (Å²) in [4.78, 5) is 11.1. The van der Waals surface area contributed by atoms with Crippen molar-refractivity contribution in [3.8, 4) is 5.75 Å². The molecule has 0 saturated carbocycles. The fraction of sp³-hybridized carbons (Fsp3) is 0.267. The quantitative estimate of drug-likeness (QED) is 0.0171. The standard InChI is InChI=1S/C41H47N2.C19H18N6O.F6P/c1-7-9-28-42-34-26-24-30-18-14-16-20-32(30)38(34)40(3,4)36(42)22-12-11-13-23-37-41(5,6)39-33-21-17-15-19-31(33)25-27-35(39)43(37)29-10-8-2;1-14-10-11-18(21-13-14)23-25-19(16-8-5-6-12-20-16)24-22-15-7-3-4-9-17(15)26-2;1-7(2,3,4,5)6/h11-27H,7-10,28-29H2,1-6H3;3-13,22H,1-2H3;/q+1;;-1. The number of unbranched alkanes of at least 4 members (excludes halogenated alkanes) is 2. The fourth-order valence-electron chi connectivity index (χ4n) is 9.64. The summed E-state index contributed by atoms with van der Waals surface area (Å²) in [6.45, 7) is 18.2. The van der Waals surface area contributed by atoms with Crippen molar-refractivity contribution in [2.24, 2.45) is 15.3 Å². The third-order valence-corrected chi connectivity index (χ3v) is 13.1. The van der Waals surface area contributed by atoms with E-state index in [1.165, 1.54) is 81.1 Å². The molecule has 1 N–H and O–H groups in total. The molecule has 9 nitrogen and oxygen atoms in total. The number of nitrogens with one attached hydrogen (secondary N) is 1. The van der Waals surface area contributed by atoms with Crippen LogP contribution in [0.2, 0.25) is 0 Å². The molecule has 9 rings (SSSR count). The molecule has 16 heteroatoms. The Labute approximate surface area is 441 Å². The number of aromatic nitrogens is 2. The van der Waals surface area contributed by atoms with Gasteiger partial charge in [-0.15, -0.1) is 10.2 Å². The van der Waals surface area contributed by atoms with Gasteiger partial charge in [0.15, 0.2) is 11.5 Å². The molecule has 0 fully saturated rings. The summed E-state index contributed by atoms with van der Waals surface area (Å²) in [5, 5.41) is 18.1. The van der Waals surface area contributed by atoms with Crippen LogP contribution in [0.4, 0.5) is 48.1 Å². The number of rotatable bonds is 14. The molecule has 0 bridgehead atoms. The normalized spacial score (nSPS) is 16.4. The minimum absolute atomic E-state index is 0.0696. The molecule has 0 aliphatic carbocycles. The predicted molar refractivity (Wildman–Crippen MR) is 302 cm³/mol. The third kappa shape index (κ3) is 14.2. The number of hydrogen-bond donors (Lipinski definition) is 1. The van der Waals surface area contributed by atoms with Crippen molar-refractivity contribution in [3.63, 3.8) is 0 Å². The zero-order valence-corrected chi connectivity index (χ0v) is 45.1. The summed E-state index contributed by atoms with van der Waals surface area (Å²) in [7, 11) is -9.05. The number of allylic oxidation sites excluding steroid dienone is 6. The van der Waals surface area contributed by atoms with E-state index in [0.717, 1.165) is 18.7 Å². The zero-order valence-electron chi connectivity index (χ0n) is 44.2. The minimum atomic E-state index is -10.7. The number of para-hydroxylation sites is 2. The first kappa shape index (κ1) is 56.2. The molecule has 2 aliphatic heterocycles. The molecular formula is C60H65F6N8OP. The van der Waals surface area contributed by atoms with E-state index in [4.69, 9.17) is 4.74 Å². The van der Waals surface area contributed by atoms with Gasteiger partial charge in [0.25, 0.3) is 0 Å². The van der Waals surface area contributed by atoms with Crippen molar-refractivity contribution in [1.29, 1.82) is 0 Å². The van der Waals surface area contributed by atoms with Gasteiger partial charge in [0, 0.05) is 59.9 Å². The van der Waals surface area contributed by atoms with Crippen LogP contribution in [0.15, 0.2) is 191 Å². The van der Waals surface area contributed by atoms with Crippen molar-refractivity contribution in [1.82, 2.24) is 9.97 Å². The molecule has 0 unspecified atom stereocenters. The Morgan fingerprint density at radius 1 is 0.711 bits per heavy atom. The van der Waals surface area contributed by atoms with Crippen molar-refractivity contribution in [2.75, 3.05) is 30.5 Å². The van der Waals surface area contributed by atoms with E-state index < -0.39 is 7.81 Å². The van der Waals surface area contributed by atoms with E-state index in [9.17, 15) is 25.2 Å². The van der Waals surface area contributed by atoms with Gasteiger partial charge in [0.1, 0.15) is 18.0 Å². The maximum atomic E-state index is 9.87. The fourth-order valence-corrected chi connectivity index (χ4v) is 9.64. The van der Waals surface area contributed by atoms with Crippen LogP contribution >= 0.6 is 7.81 Å². The maximum absolute atomic E-state index is 10.7. The van der Waals surface area contributed by atoms with E-state index in [0.29, 0.717) is 28.8 Å². The molecule has 76 heavy (non-hydrogen) atoms. The molecule has 0 atom stereocenters. The Balaban J connectivity index is 0.000000215. The van der Waals surface area contributed by atoms with Crippen LogP contribution in [-0.2, 0) is 10.8 Å². The summed E-state index contributed by atoms with van der Waals surface area (Å²) in [6.07, 6.45) is 19.6. The van der Waals surface area contributed by atoms with Crippen LogP contribution in [0.1, 0.15) is 89.6 Å². The van der Waals surface area contributed by atoms with Crippen LogP contribution in [-0.4, -0.2) is 46.3 Å². The molecule has 5 aromatic carbocycles. The van der Waals surface area contributed by atoms with Crippen LogP contribution in [0, 0.1) is 6.92 Å². The van der Waals surface area contributed by atoms with E-state index in [1.54, 1.807) is 25.6 Å². The van der Waals surface area contributed by atoms with Crippen molar-refractivity contribution < 1.29 is 34.5 Å². The van der Waals surface area contributed by atoms with Gasteiger partial charge in [-0.2, -0.15) is 9.68 Å². The SMILES string of the molecule is CCCCN1/C(=C/C=C/C=C/C2=[N+](CCCC)c3ccc4ccccc4c3C2(C)C)C(C)(C)c2c1ccc1ccccc21.COc1ccccc1NN=C(N=Nc1ccc(C)cn1)c1ccccn1.F[P-](F)(F)(F)(F)F. The van der Waals surface area contributed by atoms with E-state index in [2.05, 4.69) is 185 Å². The number of benzene rings is 5. The van der Waals surface area contributed by atoms with Gasteiger partial charge in [0.05, 0.1) is 18.2 Å². The topological polar surface area (TPSA) is 90.4 Å². The van der Waals surface area contributed by atoms with E-state index in [1.807, 2.05) is 55.5 Å². The molecule has 0 spiro atoms. The second-order valence-corrected chi connectivity index (χ2v) is 21.5. The van der Waals surface area contributed by atoms with Crippen LogP contribution in [0.3, 0.4) is 0 Å². The molecular weight excluding hydrogens is 994 g/mol. The van der Waals surface area contributed by atoms with Crippen molar-refractivity contribution in [3.05, 3.63) is 198 Å². The average Bonchev–Trinajstić information content (AvgIpc) is 3.78. The first-order valence-electron chi connectivity index (χ1n) is 25.3. The Morgan fingerprint density at radius 2 is 1.36 bits per heavy atom. The number of amidine groups is 1. The van der Waals surface area contributed by atoms with Gasteiger partial charge in [-0.3, -0.25) is 10.4 Å². The monoisotopic (exact) mass is 1060 g/mol. The van der Waals surface area contributed by atoms with Crippen LogP contribution in [0.5, 0.6) is 5.75 Å². The Hall–Kier alpha value is -7.51. The van der Waals surface area contributed by atoms with Gasteiger partial charge in [-0.05, 0) is 108 Å². The number of hydrazone groups is 1. The van der Waals surface area contributed by atoms with Crippen LogP contribution < -0.4 is 15.1 Å². The van der Waals surface area contributed by atoms with Gasteiger partial charge >= 0.3 is 33.0 Å². The number of fused-ring (bicyclic) bond motifs is 6. The number of azo groups is 1. The number of nitrogens with zero attached hydrogens (tertiary/aromatic N) is 7.